The van der Waals surface area contributed by atoms with E-state index in [1.807, 2.05) is 6.07 Å². The van der Waals surface area contributed by atoms with Crippen LogP contribution in [0.3, 0.4) is 0 Å². The Labute approximate surface area is 127 Å². The van der Waals surface area contributed by atoms with E-state index in [0.717, 1.165) is 39.6 Å². The largest absolute Gasteiger partial charge is 0.383 e. The highest BCUT2D eigenvalue weighted by Gasteiger charge is 2.12. The second kappa shape index (κ2) is 5.73. The van der Waals surface area contributed by atoms with E-state index in [-0.39, 0.29) is 0 Å². The molecule has 5 nitrogen and oxygen atoms in total. The predicted molar refractivity (Wildman–Crippen MR) is 85.4 cm³/mol. The number of nitrogens with two attached hydrogens (primary N) is 1. The number of aromatic amines is 1. The maximum Gasteiger partial charge on any atom is 0.172 e. The average Bonchev–Trinajstić information content (AvgIpc) is 2.84. The lowest BCUT2D eigenvalue weighted by molar-refractivity contribution is 0.860. The minimum absolute atomic E-state index is 0.557. The molecule has 0 aliphatic heterocycles. The topological polar surface area (TPSA) is 80.5 Å². The van der Waals surface area contributed by atoms with Crippen LogP contribution in [0.1, 0.15) is 24.5 Å². The first kappa shape index (κ1) is 13.9. The number of fused-ring (bicyclic) bond motifs is 1. The van der Waals surface area contributed by atoms with E-state index in [1.165, 1.54) is 23.7 Å². The molecule has 0 atom stereocenters. The third-order valence-corrected chi connectivity index (χ3v) is 4.18. The van der Waals surface area contributed by atoms with Crippen LogP contribution in [0, 0.1) is 6.92 Å². The van der Waals surface area contributed by atoms with E-state index in [2.05, 4.69) is 45.9 Å². The summed E-state index contributed by atoms with van der Waals surface area (Å²) in [6.45, 7) is 4.18. The number of nitrogens with zero attached hydrogens (tertiary/aromatic N) is 3. The van der Waals surface area contributed by atoms with E-state index < -0.39 is 0 Å². The Morgan fingerprint density at radius 1 is 1.29 bits per heavy atom. The number of hydrogen-bond donors (Lipinski definition) is 2. The van der Waals surface area contributed by atoms with Gasteiger partial charge in [-0.2, -0.15) is 0 Å². The fourth-order valence-electron chi connectivity index (χ4n) is 2.22. The van der Waals surface area contributed by atoms with Crippen molar-refractivity contribution >= 4 is 28.6 Å². The molecule has 0 unspecified atom stereocenters. The van der Waals surface area contributed by atoms with Crippen LogP contribution in [0.2, 0.25) is 0 Å². The lowest BCUT2D eigenvalue weighted by atomic mass is 10.2. The highest BCUT2D eigenvalue weighted by molar-refractivity contribution is 7.99. The highest BCUT2D eigenvalue weighted by Crippen LogP contribution is 2.30. The zero-order valence-corrected chi connectivity index (χ0v) is 12.9. The third kappa shape index (κ3) is 2.85. The number of nitrogen functional groups attached to an aromatic ring is 1. The van der Waals surface area contributed by atoms with Gasteiger partial charge in [0.05, 0.1) is 11.0 Å². The molecule has 108 valence electrons. The molecule has 2 aromatic heterocycles. The molecular formula is C15H17N5S. The molecule has 0 amide bonds. The van der Waals surface area contributed by atoms with Gasteiger partial charge < -0.3 is 10.7 Å². The molecule has 6 heteroatoms. The SMILES string of the molecule is CCCc1c(N)ncnc1Sc1nc2ccc(C)cc2[nH]1. The summed E-state index contributed by atoms with van der Waals surface area (Å²) in [4.78, 5) is 16.3. The Bertz CT molecular complexity index is 781. The lowest BCUT2D eigenvalue weighted by Gasteiger charge is -2.07. The van der Waals surface area contributed by atoms with Gasteiger partial charge in [-0.05, 0) is 42.8 Å². The Kier molecular flexibility index (Phi) is 3.79. The molecule has 0 bridgehead atoms. The molecule has 1 aromatic carbocycles. The molecule has 0 fully saturated rings. The molecule has 3 aromatic rings. The van der Waals surface area contributed by atoms with Crippen LogP contribution in [0.4, 0.5) is 5.82 Å². The van der Waals surface area contributed by atoms with Crippen molar-refractivity contribution in [3.05, 3.63) is 35.7 Å². The van der Waals surface area contributed by atoms with Crippen LogP contribution in [-0.4, -0.2) is 19.9 Å². The van der Waals surface area contributed by atoms with Crippen molar-refractivity contribution in [2.24, 2.45) is 0 Å². The summed E-state index contributed by atoms with van der Waals surface area (Å²) in [6.07, 6.45) is 3.38. The highest BCUT2D eigenvalue weighted by atomic mass is 32.2. The number of H-pyrrole nitrogens is 1. The van der Waals surface area contributed by atoms with Crippen molar-refractivity contribution in [3.63, 3.8) is 0 Å². The van der Waals surface area contributed by atoms with Crippen LogP contribution < -0.4 is 5.73 Å². The summed E-state index contributed by atoms with van der Waals surface area (Å²) in [5.74, 6) is 0.557. The van der Waals surface area contributed by atoms with Crippen molar-refractivity contribution in [3.8, 4) is 0 Å². The lowest BCUT2D eigenvalue weighted by Crippen LogP contribution is -2.01. The Morgan fingerprint density at radius 2 is 2.14 bits per heavy atom. The molecule has 21 heavy (non-hydrogen) atoms. The fraction of sp³-hybridized carbons (Fsp3) is 0.267. The summed E-state index contributed by atoms with van der Waals surface area (Å²) in [5.41, 5.74) is 10.2. The zero-order valence-electron chi connectivity index (χ0n) is 12.1. The van der Waals surface area contributed by atoms with Crippen molar-refractivity contribution < 1.29 is 0 Å². The Hall–Kier alpha value is -2.08. The van der Waals surface area contributed by atoms with Crippen LogP contribution in [0.5, 0.6) is 0 Å². The monoisotopic (exact) mass is 299 g/mol. The zero-order chi connectivity index (χ0) is 14.8. The second-order valence-corrected chi connectivity index (χ2v) is 5.93. The normalized spacial score (nSPS) is 11.1. The minimum atomic E-state index is 0.557. The van der Waals surface area contributed by atoms with E-state index in [1.54, 1.807) is 0 Å². The van der Waals surface area contributed by atoms with Crippen LogP contribution in [0.25, 0.3) is 11.0 Å². The van der Waals surface area contributed by atoms with Gasteiger partial charge in [0, 0.05) is 5.56 Å². The number of rotatable bonds is 4. The summed E-state index contributed by atoms with van der Waals surface area (Å²) in [6, 6.07) is 6.17. The van der Waals surface area contributed by atoms with E-state index in [9.17, 15) is 0 Å². The molecule has 3 N–H and O–H groups in total. The molecular weight excluding hydrogens is 282 g/mol. The van der Waals surface area contributed by atoms with Gasteiger partial charge in [-0.3, -0.25) is 0 Å². The van der Waals surface area contributed by atoms with Gasteiger partial charge >= 0.3 is 0 Å². The smallest absolute Gasteiger partial charge is 0.172 e. The molecule has 0 aliphatic rings. The number of aromatic nitrogens is 4. The van der Waals surface area contributed by atoms with Gasteiger partial charge in [0.15, 0.2) is 5.16 Å². The Morgan fingerprint density at radius 3 is 2.95 bits per heavy atom. The predicted octanol–water partition coefficient (Wildman–Crippen LogP) is 3.35. The first-order valence-electron chi connectivity index (χ1n) is 6.91. The van der Waals surface area contributed by atoms with Crippen molar-refractivity contribution in [2.75, 3.05) is 5.73 Å². The van der Waals surface area contributed by atoms with Crippen molar-refractivity contribution in [2.45, 2.75) is 36.9 Å². The van der Waals surface area contributed by atoms with Gasteiger partial charge in [0.1, 0.15) is 17.2 Å². The molecule has 0 aliphatic carbocycles. The summed E-state index contributed by atoms with van der Waals surface area (Å²) >= 11 is 1.50. The Balaban J connectivity index is 1.96. The number of aryl methyl sites for hydroxylation is 1. The van der Waals surface area contributed by atoms with Crippen LogP contribution >= 0.6 is 11.8 Å². The number of benzene rings is 1. The molecule has 0 saturated heterocycles. The molecule has 3 rings (SSSR count). The summed E-state index contributed by atoms with van der Waals surface area (Å²) < 4.78 is 0. The maximum atomic E-state index is 5.96. The second-order valence-electron chi connectivity index (χ2n) is 4.96. The summed E-state index contributed by atoms with van der Waals surface area (Å²) in [7, 11) is 0. The number of hydrogen-bond acceptors (Lipinski definition) is 5. The molecule has 0 spiro atoms. The van der Waals surface area contributed by atoms with Gasteiger partial charge in [-0.15, -0.1) is 0 Å². The van der Waals surface area contributed by atoms with Gasteiger partial charge in [-0.25, -0.2) is 15.0 Å². The van der Waals surface area contributed by atoms with Crippen molar-refractivity contribution in [1.29, 1.82) is 0 Å². The fourth-order valence-corrected chi connectivity index (χ4v) is 3.14. The number of anilines is 1. The molecule has 0 radical (unpaired) electrons. The first-order chi connectivity index (χ1) is 10.2. The van der Waals surface area contributed by atoms with Gasteiger partial charge in [0.25, 0.3) is 0 Å². The van der Waals surface area contributed by atoms with E-state index in [0.29, 0.717) is 5.82 Å². The summed E-state index contributed by atoms with van der Waals surface area (Å²) in [5, 5.41) is 1.70. The standard InChI is InChI=1S/C15H17N5S/c1-3-4-10-13(16)17-8-18-14(10)21-15-19-11-6-5-9(2)7-12(11)20-15/h5-8H,3-4H2,1-2H3,(H,19,20)(H2,16,17,18). The van der Waals surface area contributed by atoms with Crippen LogP contribution in [0.15, 0.2) is 34.7 Å². The van der Waals surface area contributed by atoms with E-state index >= 15 is 0 Å². The molecule has 0 saturated carbocycles. The quantitative estimate of drug-likeness (QED) is 0.722. The number of imidazole rings is 1. The number of nitrogens with one attached hydrogen (secondary N) is 1. The van der Waals surface area contributed by atoms with E-state index in [4.69, 9.17) is 5.73 Å². The average molecular weight is 299 g/mol. The van der Waals surface area contributed by atoms with Crippen LogP contribution in [-0.2, 0) is 6.42 Å². The minimum Gasteiger partial charge on any atom is -0.383 e. The molecule has 2 heterocycles. The first-order valence-corrected chi connectivity index (χ1v) is 7.72. The van der Waals surface area contributed by atoms with Crippen molar-refractivity contribution in [1.82, 2.24) is 19.9 Å². The maximum absolute atomic E-state index is 5.96. The van der Waals surface area contributed by atoms with Gasteiger partial charge in [-0.1, -0.05) is 19.4 Å². The third-order valence-electron chi connectivity index (χ3n) is 3.25. The van der Waals surface area contributed by atoms with Gasteiger partial charge in [0.2, 0.25) is 0 Å².